The van der Waals surface area contributed by atoms with Gasteiger partial charge in [0.05, 0.1) is 0 Å². The Bertz CT molecular complexity index is 1310. The van der Waals surface area contributed by atoms with Crippen LogP contribution in [0.25, 0.3) is 0 Å². The van der Waals surface area contributed by atoms with Gasteiger partial charge in [0.15, 0.2) is 6.10 Å². The molecule has 0 aromatic carbocycles. The normalized spacial score (nSPS) is 12.4. The minimum absolute atomic E-state index is 0.0823. The number of hydrogen-bond acceptors (Lipinski definition) is 6. The third-order valence-corrected chi connectivity index (χ3v) is 14.0. The highest BCUT2D eigenvalue weighted by Crippen LogP contribution is 2.17. The molecule has 0 aromatic heterocycles. The molecule has 0 aromatic rings. The van der Waals surface area contributed by atoms with Crippen LogP contribution in [0.4, 0.5) is 0 Å². The zero-order chi connectivity index (χ0) is 52.9. The SMILES string of the molecule is CC/C=C\C/C=C\C/C=C\CCCCCC(=O)OCC(COC(=O)CCCCCCCCCCCCCCCCCCCCCCCCC)OC(=O)CCCCCCCCCCC/C=C\C/C=C\CCCCC. The fourth-order valence-electron chi connectivity index (χ4n) is 9.25. The van der Waals surface area contributed by atoms with Crippen LogP contribution in [0.15, 0.2) is 60.8 Å². The smallest absolute Gasteiger partial charge is 0.306 e. The van der Waals surface area contributed by atoms with E-state index in [-0.39, 0.29) is 31.1 Å². The summed E-state index contributed by atoms with van der Waals surface area (Å²) < 4.78 is 16.9. The van der Waals surface area contributed by atoms with E-state index in [0.29, 0.717) is 19.3 Å². The summed E-state index contributed by atoms with van der Waals surface area (Å²) >= 11 is 0. The van der Waals surface area contributed by atoms with E-state index >= 15 is 0 Å². The first kappa shape index (κ1) is 70.1. The lowest BCUT2D eigenvalue weighted by Crippen LogP contribution is -2.30. The predicted octanol–water partition coefficient (Wildman–Crippen LogP) is 21.6. The van der Waals surface area contributed by atoms with Gasteiger partial charge in [-0.15, -0.1) is 0 Å². The molecule has 0 N–H and O–H groups in total. The summed E-state index contributed by atoms with van der Waals surface area (Å²) in [6, 6.07) is 0. The maximum Gasteiger partial charge on any atom is 0.306 e. The van der Waals surface area contributed by atoms with Crippen LogP contribution >= 0.6 is 0 Å². The molecule has 6 nitrogen and oxygen atoms in total. The number of rotatable bonds is 58. The van der Waals surface area contributed by atoms with Crippen LogP contribution in [-0.4, -0.2) is 37.2 Å². The monoisotopic (exact) mass is 1020 g/mol. The summed E-state index contributed by atoms with van der Waals surface area (Å²) in [5.41, 5.74) is 0. The molecule has 0 rings (SSSR count). The molecule has 0 radical (unpaired) electrons. The Morgan fingerprint density at radius 2 is 0.534 bits per heavy atom. The van der Waals surface area contributed by atoms with E-state index in [9.17, 15) is 14.4 Å². The average molecular weight is 1020 g/mol. The van der Waals surface area contributed by atoms with Gasteiger partial charge in [-0.3, -0.25) is 14.4 Å². The Labute approximate surface area is 453 Å². The average Bonchev–Trinajstić information content (AvgIpc) is 3.39. The lowest BCUT2D eigenvalue weighted by Gasteiger charge is -2.18. The predicted molar refractivity (Wildman–Crippen MR) is 316 cm³/mol. The van der Waals surface area contributed by atoms with Gasteiger partial charge in [0, 0.05) is 19.3 Å². The Morgan fingerprint density at radius 1 is 0.288 bits per heavy atom. The number of carbonyl (C=O) groups is 3. The molecule has 0 amide bonds. The van der Waals surface area contributed by atoms with E-state index in [0.717, 1.165) is 89.9 Å². The molecule has 0 aliphatic heterocycles. The van der Waals surface area contributed by atoms with Crippen molar-refractivity contribution in [2.24, 2.45) is 0 Å². The molecule has 73 heavy (non-hydrogen) atoms. The quantitative estimate of drug-likeness (QED) is 0.0261. The van der Waals surface area contributed by atoms with Crippen molar-refractivity contribution in [1.29, 1.82) is 0 Å². The minimum atomic E-state index is -0.788. The van der Waals surface area contributed by atoms with Gasteiger partial charge >= 0.3 is 17.9 Å². The van der Waals surface area contributed by atoms with E-state index in [4.69, 9.17) is 14.2 Å². The summed E-state index contributed by atoms with van der Waals surface area (Å²) in [5, 5.41) is 0. The van der Waals surface area contributed by atoms with Gasteiger partial charge in [-0.05, 0) is 83.5 Å². The molecule has 1 unspecified atom stereocenters. The number of esters is 3. The summed E-state index contributed by atoms with van der Waals surface area (Å²) in [6.07, 6.45) is 78.1. The number of carbonyl (C=O) groups excluding carboxylic acids is 3. The van der Waals surface area contributed by atoms with Crippen LogP contribution < -0.4 is 0 Å². The van der Waals surface area contributed by atoms with Crippen LogP contribution in [0.1, 0.15) is 329 Å². The van der Waals surface area contributed by atoms with Crippen molar-refractivity contribution >= 4 is 17.9 Å². The maximum atomic E-state index is 12.9. The van der Waals surface area contributed by atoms with E-state index in [2.05, 4.69) is 81.5 Å². The van der Waals surface area contributed by atoms with Crippen LogP contribution in [0.5, 0.6) is 0 Å². The van der Waals surface area contributed by atoms with Gasteiger partial charge in [-0.2, -0.15) is 0 Å². The lowest BCUT2D eigenvalue weighted by atomic mass is 10.0. The fraction of sp³-hybridized carbons (Fsp3) is 0.806. The van der Waals surface area contributed by atoms with Crippen molar-refractivity contribution in [2.75, 3.05) is 13.2 Å². The van der Waals surface area contributed by atoms with Crippen molar-refractivity contribution in [3.8, 4) is 0 Å². The summed E-state index contributed by atoms with van der Waals surface area (Å²) in [7, 11) is 0. The Kier molecular flexibility index (Phi) is 59.2. The molecule has 0 fully saturated rings. The first-order valence-electron chi connectivity index (χ1n) is 31.8. The van der Waals surface area contributed by atoms with E-state index in [1.807, 2.05) is 0 Å². The van der Waals surface area contributed by atoms with Crippen molar-refractivity contribution in [2.45, 2.75) is 335 Å². The zero-order valence-corrected chi connectivity index (χ0v) is 48.7. The largest absolute Gasteiger partial charge is 0.462 e. The molecule has 0 bridgehead atoms. The highest BCUT2D eigenvalue weighted by Gasteiger charge is 2.19. The second kappa shape index (κ2) is 61.7. The highest BCUT2D eigenvalue weighted by molar-refractivity contribution is 5.71. The van der Waals surface area contributed by atoms with Gasteiger partial charge in [0.2, 0.25) is 0 Å². The molecular weight excluding hydrogens is 901 g/mol. The number of allylic oxidation sites excluding steroid dienone is 10. The van der Waals surface area contributed by atoms with Crippen molar-refractivity contribution in [3.05, 3.63) is 60.8 Å². The molecule has 0 saturated heterocycles. The first-order valence-corrected chi connectivity index (χ1v) is 31.8. The molecule has 0 aliphatic rings. The van der Waals surface area contributed by atoms with Gasteiger partial charge in [-0.1, -0.05) is 287 Å². The van der Waals surface area contributed by atoms with Gasteiger partial charge in [0.25, 0.3) is 0 Å². The Hall–Kier alpha value is -2.89. The molecule has 0 spiro atoms. The standard InChI is InChI=1S/C67H120O6/c1-4-7-10-13-16-19-22-25-27-29-31-32-33-34-36-37-39-42-45-48-51-54-57-60-66(69)72-63-64(62-71-65(68)59-56-53-50-47-44-41-24-21-18-15-12-9-6-3)73-67(70)61-58-55-52-49-46-43-40-38-35-30-28-26-23-20-17-14-11-8-5-2/h9,12,17-18,20-21,26,28,41,44,64H,4-8,10-11,13-16,19,22-25,27,29-40,42-43,45-63H2,1-3H3/b12-9-,20-17-,21-18-,28-26-,44-41-. The van der Waals surface area contributed by atoms with Crippen molar-refractivity contribution < 1.29 is 28.6 Å². The van der Waals surface area contributed by atoms with Gasteiger partial charge in [0.1, 0.15) is 13.2 Å². The highest BCUT2D eigenvalue weighted by atomic mass is 16.6. The molecular formula is C67H120O6. The Morgan fingerprint density at radius 3 is 0.877 bits per heavy atom. The van der Waals surface area contributed by atoms with Gasteiger partial charge in [-0.25, -0.2) is 0 Å². The third kappa shape index (κ3) is 59.9. The number of hydrogen-bond donors (Lipinski definition) is 0. The van der Waals surface area contributed by atoms with Crippen LogP contribution in [0, 0.1) is 0 Å². The first-order chi connectivity index (χ1) is 36.0. The molecule has 6 heteroatoms. The molecule has 424 valence electrons. The second-order valence-corrected chi connectivity index (χ2v) is 21.3. The minimum Gasteiger partial charge on any atom is -0.462 e. The maximum absolute atomic E-state index is 12.9. The summed E-state index contributed by atoms with van der Waals surface area (Å²) in [4.78, 5) is 38.3. The molecule has 0 heterocycles. The van der Waals surface area contributed by atoms with E-state index < -0.39 is 6.10 Å². The lowest BCUT2D eigenvalue weighted by molar-refractivity contribution is -0.167. The number of unbranched alkanes of at least 4 members (excludes halogenated alkanes) is 37. The Balaban J connectivity index is 4.30. The molecule has 0 saturated carbocycles. The molecule has 1 atom stereocenters. The van der Waals surface area contributed by atoms with E-state index in [1.165, 1.54) is 199 Å². The summed E-state index contributed by atoms with van der Waals surface area (Å²) in [5.74, 6) is -0.900. The third-order valence-electron chi connectivity index (χ3n) is 14.0. The summed E-state index contributed by atoms with van der Waals surface area (Å²) in [6.45, 7) is 6.52. The van der Waals surface area contributed by atoms with E-state index in [1.54, 1.807) is 0 Å². The fourth-order valence-corrected chi connectivity index (χ4v) is 9.25. The van der Waals surface area contributed by atoms with Crippen LogP contribution in [0.3, 0.4) is 0 Å². The van der Waals surface area contributed by atoms with Crippen LogP contribution in [-0.2, 0) is 28.6 Å². The zero-order valence-electron chi connectivity index (χ0n) is 48.7. The van der Waals surface area contributed by atoms with Gasteiger partial charge < -0.3 is 14.2 Å². The second-order valence-electron chi connectivity index (χ2n) is 21.3. The topological polar surface area (TPSA) is 78.9 Å². The molecule has 0 aliphatic carbocycles. The van der Waals surface area contributed by atoms with Crippen LogP contribution in [0.2, 0.25) is 0 Å². The van der Waals surface area contributed by atoms with Crippen molar-refractivity contribution in [1.82, 2.24) is 0 Å². The van der Waals surface area contributed by atoms with Crippen molar-refractivity contribution in [3.63, 3.8) is 0 Å². The number of ether oxygens (including phenoxy) is 3.